The summed E-state index contributed by atoms with van der Waals surface area (Å²) in [5.41, 5.74) is 1.28. The molecule has 0 saturated carbocycles. The molecular weight excluding hydrogens is 330 g/mol. The van der Waals surface area contributed by atoms with Gasteiger partial charge in [0.05, 0.1) is 6.10 Å². The first kappa shape index (κ1) is 22.3. The van der Waals surface area contributed by atoms with Crippen LogP contribution in [0.5, 0.6) is 0 Å². The van der Waals surface area contributed by atoms with Crippen LogP contribution in [-0.2, 0) is 19.7 Å². The molecule has 0 aliphatic carbocycles. The van der Waals surface area contributed by atoms with Crippen molar-refractivity contribution in [3.05, 3.63) is 35.9 Å². The number of benzene rings is 1. The zero-order chi connectivity index (χ0) is 18.4. The molecule has 1 aromatic carbocycles. The number of nitrogens with one attached hydrogen (secondary N) is 1. The maximum absolute atomic E-state index is 6.42. The predicted octanol–water partition coefficient (Wildman–Crippen LogP) is 4.43. The van der Waals surface area contributed by atoms with E-state index >= 15 is 0 Å². The molecule has 5 heteroatoms. The zero-order valence-electron chi connectivity index (χ0n) is 16.6. The molecule has 0 bridgehead atoms. The molecule has 0 fully saturated rings. The van der Waals surface area contributed by atoms with E-state index in [0.29, 0.717) is 13.2 Å². The minimum Gasteiger partial charge on any atom is -0.374 e. The van der Waals surface area contributed by atoms with Crippen molar-refractivity contribution < 1.29 is 13.3 Å². The molecule has 0 aromatic heterocycles. The molecule has 1 aromatic rings. The van der Waals surface area contributed by atoms with Crippen molar-refractivity contribution in [2.45, 2.75) is 65.5 Å². The Morgan fingerprint density at radius 1 is 0.960 bits per heavy atom. The van der Waals surface area contributed by atoms with Crippen LogP contribution >= 0.6 is 0 Å². The van der Waals surface area contributed by atoms with E-state index in [0.717, 1.165) is 32.0 Å². The third-order valence-electron chi connectivity index (χ3n) is 4.02. The van der Waals surface area contributed by atoms with E-state index in [1.807, 2.05) is 19.9 Å². The quantitative estimate of drug-likeness (QED) is 0.368. The van der Waals surface area contributed by atoms with E-state index < -0.39 is 8.80 Å². The normalized spacial score (nSPS) is 13.1. The van der Waals surface area contributed by atoms with Crippen molar-refractivity contribution in [1.82, 2.24) is 5.32 Å². The van der Waals surface area contributed by atoms with Gasteiger partial charge in [-0.1, -0.05) is 43.7 Å². The molecule has 0 spiro atoms. The molecule has 1 rings (SSSR count). The molecule has 144 valence electrons. The van der Waals surface area contributed by atoms with Gasteiger partial charge >= 0.3 is 8.80 Å². The van der Waals surface area contributed by atoms with Crippen molar-refractivity contribution in [3.63, 3.8) is 0 Å². The van der Waals surface area contributed by atoms with E-state index in [1.165, 1.54) is 18.4 Å². The highest BCUT2D eigenvalue weighted by Gasteiger charge is 2.41. The summed E-state index contributed by atoms with van der Waals surface area (Å²) in [6.07, 6.45) is 4.44. The van der Waals surface area contributed by atoms with Crippen LogP contribution in [0.4, 0.5) is 0 Å². The van der Waals surface area contributed by atoms with E-state index in [9.17, 15) is 0 Å². The van der Waals surface area contributed by atoms with Crippen LogP contribution in [-0.4, -0.2) is 41.2 Å². The molecule has 0 saturated heterocycles. The van der Waals surface area contributed by atoms with Crippen LogP contribution in [0.3, 0.4) is 0 Å². The highest BCUT2D eigenvalue weighted by molar-refractivity contribution is 6.60. The third-order valence-corrected chi connectivity index (χ3v) is 7.20. The fraction of sp³-hybridized carbons (Fsp3) is 0.700. The van der Waals surface area contributed by atoms with Crippen molar-refractivity contribution in [2.24, 2.45) is 0 Å². The first-order chi connectivity index (χ1) is 12.2. The summed E-state index contributed by atoms with van der Waals surface area (Å²) < 4.78 is 18.6. The van der Waals surface area contributed by atoms with Gasteiger partial charge in [-0.2, -0.15) is 0 Å². The highest BCUT2D eigenvalue weighted by atomic mass is 28.4. The van der Waals surface area contributed by atoms with Crippen LogP contribution in [0.15, 0.2) is 30.3 Å². The number of rotatable bonds is 15. The van der Waals surface area contributed by atoms with Gasteiger partial charge in [0.2, 0.25) is 0 Å². The van der Waals surface area contributed by atoms with E-state index in [4.69, 9.17) is 13.3 Å². The van der Waals surface area contributed by atoms with Crippen LogP contribution in [0, 0.1) is 0 Å². The van der Waals surface area contributed by atoms with E-state index in [1.54, 1.807) is 0 Å². The molecule has 1 atom stereocenters. The Bertz CT molecular complexity index is 424. The second-order valence-electron chi connectivity index (χ2n) is 6.37. The molecule has 0 aliphatic heterocycles. The molecule has 1 N–H and O–H groups in total. The molecule has 0 heterocycles. The lowest BCUT2D eigenvalue weighted by atomic mass is 10.1. The van der Waals surface area contributed by atoms with Gasteiger partial charge < -0.3 is 18.6 Å². The van der Waals surface area contributed by atoms with Crippen molar-refractivity contribution in [3.8, 4) is 0 Å². The third kappa shape index (κ3) is 9.52. The second-order valence-corrected chi connectivity index (χ2v) is 9.05. The number of hydrogen-bond acceptors (Lipinski definition) is 4. The monoisotopic (exact) mass is 367 g/mol. The standard InChI is InChI=1S/C20H37NO3Si/c1-5-8-15-21-16-12-17-25(22-6-2,23-7-3)24-19(4)18-20-13-10-9-11-14-20/h9-11,13-14,19,21H,5-8,12,15-18H2,1-4H3. The van der Waals surface area contributed by atoms with Crippen molar-refractivity contribution in [2.75, 3.05) is 26.3 Å². The van der Waals surface area contributed by atoms with Gasteiger partial charge in [-0.3, -0.25) is 0 Å². The Kier molecular flexibility index (Phi) is 12.0. The topological polar surface area (TPSA) is 39.7 Å². The SMILES string of the molecule is CCCCNCCC[Si](OCC)(OCC)OC(C)Cc1ccccc1. The highest BCUT2D eigenvalue weighted by Crippen LogP contribution is 2.21. The molecule has 1 unspecified atom stereocenters. The summed E-state index contributed by atoms with van der Waals surface area (Å²) >= 11 is 0. The minimum absolute atomic E-state index is 0.0835. The predicted molar refractivity (Wildman–Crippen MR) is 107 cm³/mol. The fourth-order valence-electron chi connectivity index (χ4n) is 2.90. The van der Waals surface area contributed by atoms with Crippen molar-refractivity contribution in [1.29, 1.82) is 0 Å². The maximum Gasteiger partial charge on any atom is 0.501 e. The molecular formula is C20H37NO3Si. The zero-order valence-corrected chi connectivity index (χ0v) is 17.6. The van der Waals surface area contributed by atoms with Gasteiger partial charge in [-0.15, -0.1) is 0 Å². The van der Waals surface area contributed by atoms with Gasteiger partial charge in [0.1, 0.15) is 0 Å². The summed E-state index contributed by atoms with van der Waals surface area (Å²) in [6.45, 7) is 11.7. The molecule has 0 amide bonds. The lowest BCUT2D eigenvalue weighted by Crippen LogP contribution is -2.48. The molecule has 4 nitrogen and oxygen atoms in total. The summed E-state index contributed by atoms with van der Waals surface area (Å²) in [5.74, 6) is 0. The maximum atomic E-state index is 6.42. The average molecular weight is 368 g/mol. The van der Waals surface area contributed by atoms with Gasteiger partial charge in [-0.25, -0.2) is 0 Å². The first-order valence-corrected chi connectivity index (χ1v) is 11.8. The van der Waals surface area contributed by atoms with E-state index in [-0.39, 0.29) is 6.10 Å². The second kappa shape index (κ2) is 13.5. The average Bonchev–Trinajstić information content (AvgIpc) is 2.59. The lowest BCUT2D eigenvalue weighted by molar-refractivity contribution is 0.0381. The van der Waals surface area contributed by atoms with Crippen LogP contribution < -0.4 is 5.32 Å². The Morgan fingerprint density at radius 2 is 1.60 bits per heavy atom. The Labute approximate surface area is 155 Å². The fourth-order valence-corrected chi connectivity index (χ4v) is 5.72. The Balaban J connectivity index is 2.56. The molecule has 0 aliphatic rings. The van der Waals surface area contributed by atoms with Crippen molar-refractivity contribution >= 4 is 8.80 Å². The largest absolute Gasteiger partial charge is 0.501 e. The summed E-state index contributed by atoms with van der Waals surface area (Å²) in [6, 6.07) is 11.3. The van der Waals surface area contributed by atoms with Gasteiger partial charge in [0.25, 0.3) is 0 Å². The summed E-state index contributed by atoms with van der Waals surface area (Å²) in [5, 5.41) is 3.49. The van der Waals surface area contributed by atoms with Crippen LogP contribution in [0.25, 0.3) is 0 Å². The summed E-state index contributed by atoms with van der Waals surface area (Å²) in [4.78, 5) is 0. The minimum atomic E-state index is -2.62. The first-order valence-electron chi connectivity index (χ1n) is 9.86. The summed E-state index contributed by atoms with van der Waals surface area (Å²) in [7, 11) is -2.62. The van der Waals surface area contributed by atoms with E-state index in [2.05, 4.69) is 43.4 Å². The number of unbranched alkanes of at least 4 members (excludes halogenated alkanes) is 1. The van der Waals surface area contributed by atoms with Gasteiger partial charge in [0, 0.05) is 19.3 Å². The lowest BCUT2D eigenvalue weighted by Gasteiger charge is -2.32. The Morgan fingerprint density at radius 3 is 2.20 bits per heavy atom. The Hall–Kier alpha value is -0.723. The van der Waals surface area contributed by atoms with Crippen LogP contribution in [0.2, 0.25) is 6.04 Å². The van der Waals surface area contributed by atoms with Gasteiger partial charge in [-0.05, 0) is 58.7 Å². The van der Waals surface area contributed by atoms with Crippen LogP contribution in [0.1, 0.15) is 52.5 Å². The molecule has 0 radical (unpaired) electrons. The molecule has 25 heavy (non-hydrogen) atoms. The smallest absolute Gasteiger partial charge is 0.374 e. The number of hydrogen-bond donors (Lipinski definition) is 1. The van der Waals surface area contributed by atoms with Gasteiger partial charge in [0.15, 0.2) is 0 Å².